The van der Waals surface area contributed by atoms with E-state index >= 15 is 0 Å². The van der Waals surface area contributed by atoms with Crippen LogP contribution in [0.25, 0.3) is 11.1 Å². The first-order valence-electron chi connectivity index (χ1n) is 10.5. The summed E-state index contributed by atoms with van der Waals surface area (Å²) in [6, 6.07) is 7.65. The van der Waals surface area contributed by atoms with Crippen molar-refractivity contribution < 1.29 is 22.6 Å². The van der Waals surface area contributed by atoms with Crippen molar-refractivity contribution in [2.75, 3.05) is 19.8 Å². The van der Waals surface area contributed by atoms with E-state index < -0.39 is 17.5 Å². The molecule has 0 amide bonds. The van der Waals surface area contributed by atoms with Gasteiger partial charge in [-0.2, -0.15) is 0 Å². The average Bonchev–Trinajstić information content (AvgIpc) is 2.72. The molecule has 2 unspecified atom stereocenters. The molecule has 0 aromatic heterocycles. The van der Waals surface area contributed by atoms with Gasteiger partial charge in [0.2, 0.25) is 0 Å². The number of aryl methyl sites for hydroxylation is 1. The van der Waals surface area contributed by atoms with E-state index in [1.165, 1.54) is 12.1 Å². The van der Waals surface area contributed by atoms with Crippen molar-refractivity contribution in [2.24, 2.45) is 5.92 Å². The summed E-state index contributed by atoms with van der Waals surface area (Å²) in [5.74, 6) is -1.78. The van der Waals surface area contributed by atoms with Gasteiger partial charge in [0.1, 0.15) is 5.82 Å². The van der Waals surface area contributed by atoms with Crippen LogP contribution in [0, 0.1) is 23.4 Å². The highest BCUT2D eigenvalue weighted by atomic mass is 19.2. The largest absolute Gasteiger partial charge is 0.382 e. The summed E-state index contributed by atoms with van der Waals surface area (Å²) >= 11 is 0. The van der Waals surface area contributed by atoms with Gasteiger partial charge in [0.25, 0.3) is 0 Å². The Labute approximate surface area is 171 Å². The second-order valence-electron chi connectivity index (χ2n) is 7.64. The first-order chi connectivity index (χ1) is 14.0. The van der Waals surface area contributed by atoms with Crippen LogP contribution in [0.3, 0.4) is 0 Å². The number of halogens is 3. The molecule has 0 spiro atoms. The molecule has 1 aliphatic heterocycles. The van der Waals surface area contributed by atoms with Crippen LogP contribution in [0.2, 0.25) is 0 Å². The normalized spacial score (nSPS) is 19.5. The third-order valence-corrected chi connectivity index (χ3v) is 5.58. The first kappa shape index (κ1) is 21.8. The van der Waals surface area contributed by atoms with Crippen LogP contribution in [-0.2, 0) is 15.9 Å². The molecule has 2 nitrogen and oxygen atoms in total. The molecule has 1 aliphatic rings. The summed E-state index contributed by atoms with van der Waals surface area (Å²) < 4.78 is 54.8. The van der Waals surface area contributed by atoms with Crippen LogP contribution < -0.4 is 0 Å². The van der Waals surface area contributed by atoms with Crippen LogP contribution in [0.4, 0.5) is 13.2 Å². The van der Waals surface area contributed by atoms with E-state index in [0.29, 0.717) is 42.2 Å². The Morgan fingerprint density at radius 3 is 2.52 bits per heavy atom. The quantitative estimate of drug-likeness (QED) is 0.459. The fraction of sp³-hybridized carbons (Fsp3) is 0.500. The standard InChI is InChI=1S/C24H29F3O2/c1-3-5-17-7-9-19(24(27)23(17)26)18-8-10-20(21(25)14-18)22-11-6-16(15-29-22)12-13-28-4-2/h7-10,14,16,22H,3-6,11-13,15H2,1-2H3. The topological polar surface area (TPSA) is 18.5 Å². The average molecular weight is 406 g/mol. The number of benzene rings is 2. The molecule has 158 valence electrons. The van der Waals surface area contributed by atoms with Crippen molar-refractivity contribution in [1.29, 1.82) is 0 Å². The van der Waals surface area contributed by atoms with Crippen LogP contribution in [0.5, 0.6) is 0 Å². The highest BCUT2D eigenvalue weighted by Crippen LogP contribution is 2.35. The molecule has 5 heteroatoms. The molecule has 1 fully saturated rings. The Morgan fingerprint density at radius 2 is 1.86 bits per heavy atom. The first-order valence-corrected chi connectivity index (χ1v) is 10.5. The highest BCUT2D eigenvalue weighted by molar-refractivity contribution is 5.65. The number of hydrogen-bond donors (Lipinski definition) is 0. The van der Waals surface area contributed by atoms with E-state index in [9.17, 15) is 13.2 Å². The van der Waals surface area contributed by atoms with E-state index in [-0.39, 0.29) is 11.7 Å². The van der Waals surface area contributed by atoms with Crippen LogP contribution in [0.15, 0.2) is 30.3 Å². The van der Waals surface area contributed by atoms with Gasteiger partial charge in [-0.3, -0.25) is 0 Å². The predicted octanol–water partition coefficient (Wildman–Crippen LogP) is 6.62. The fourth-order valence-corrected chi connectivity index (χ4v) is 3.90. The molecule has 1 heterocycles. The number of rotatable bonds is 8. The maximum absolute atomic E-state index is 14.8. The van der Waals surface area contributed by atoms with Crippen LogP contribution in [-0.4, -0.2) is 19.8 Å². The Kier molecular flexibility index (Phi) is 7.73. The van der Waals surface area contributed by atoms with Crippen molar-refractivity contribution in [1.82, 2.24) is 0 Å². The lowest BCUT2D eigenvalue weighted by atomic mass is 9.91. The maximum Gasteiger partial charge on any atom is 0.166 e. The Hall–Kier alpha value is -1.85. The highest BCUT2D eigenvalue weighted by Gasteiger charge is 2.25. The van der Waals surface area contributed by atoms with Gasteiger partial charge in [0, 0.05) is 24.3 Å². The molecule has 0 radical (unpaired) electrons. The fourth-order valence-electron chi connectivity index (χ4n) is 3.90. The molecule has 29 heavy (non-hydrogen) atoms. The van der Waals surface area contributed by atoms with Crippen LogP contribution in [0.1, 0.15) is 56.8 Å². The molecular weight excluding hydrogens is 377 g/mol. The van der Waals surface area contributed by atoms with Crippen molar-refractivity contribution >= 4 is 0 Å². The van der Waals surface area contributed by atoms with Gasteiger partial charge in [-0.15, -0.1) is 0 Å². The second kappa shape index (κ2) is 10.3. The second-order valence-corrected chi connectivity index (χ2v) is 7.64. The van der Waals surface area contributed by atoms with E-state index in [1.54, 1.807) is 18.2 Å². The Balaban J connectivity index is 1.71. The van der Waals surface area contributed by atoms with Gasteiger partial charge < -0.3 is 9.47 Å². The van der Waals surface area contributed by atoms with Gasteiger partial charge in [-0.25, -0.2) is 13.2 Å². The van der Waals surface area contributed by atoms with Crippen molar-refractivity contribution in [2.45, 2.75) is 52.1 Å². The zero-order valence-corrected chi connectivity index (χ0v) is 17.1. The molecule has 1 saturated heterocycles. The molecule has 2 aromatic rings. The molecule has 0 saturated carbocycles. The summed E-state index contributed by atoms with van der Waals surface area (Å²) in [6.45, 7) is 5.89. The minimum atomic E-state index is -0.922. The summed E-state index contributed by atoms with van der Waals surface area (Å²) in [4.78, 5) is 0. The zero-order chi connectivity index (χ0) is 20.8. The third kappa shape index (κ3) is 5.20. The molecule has 3 rings (SSSR count). The Morgan fingerprint density at radius 1 is 1.03 bits per heavy atom. The molecule has 2 atom stereocenters. The summed E-state index contributed by atoms with van der Waals surface area (Å²) in [5, 5.41) is 0. The maximum atomic E-state index is 14.8. The SMILES string of the molecule is CCCc1ccc(-c2ccc(C3CCC(CCOCC)CO3)c(F)c2)c(F)c1F. The van der Waals surface area contributed by atoms with Gasteiger partial charge in [0.05, 0.1) is 12.7 Å². The minimum absolute atomic E-state index is 0.0772. The van der Waals surface area contributed by atoms with E-state index in [1.807, 2.05) is 13.8 Å². The number of ether oxygens (including phenoxy) is 2. The van der Waals surface area contributed by atoms with Gasteiger partial charge in [0.15, 0.2) is 11.6 Å². The molecule has 0 N–H and O–H groups in total. The third-order valence-electron chi connectivity index (χ3n) is 5.58. The monoisotopic (exact) mass is 406 g/mol. The van der Waals surface area contributed by atoms with E-state index in [2.05, 4.69) is 0 Å². The minimum Gasteiger partial charge on any atom is -0.382 e. The lowest BCUT2D eigenvalue weighted by Crippen LogP contribution is -2.22. The van der Waals surface area contributed by atoms with Gasteiger partial charge >= 0.3 is 0 Å². The molecule has 0 bridgehead atoms. The lowest BCUT2D eigenvalue weighted by Gasteiger charge is -2.29. The lowest BCUT2D eigenvalue weighted by molar-refractivity contribution is -0.0275. The zero-order valence-electron chi connectivity index (χ0n) is 17.1. The van der Waals surface area contributed by atoms with Gasteiger partial charge in [-0.1, -0.05) is 37.6 Å². The van der Waals surface area contributed by atoms with Crippen molar-refractivity contribution in [3.63, 3.8) is 0 Å². The summed E-state index contributed by atoms with van der Waals surface area (Å²) in [5.41, 5.74) is 1.23. The summed E-state index contributed by atoms with van der Waals surface area (Å²) in [7, 11) is 0. The van der Waals surface area contributed by atoms with Crippen molar-refractivity contribution in [3.8, 4) is 11.1 Å². The van der Waals surface area contributed by atoms with E-state index in [0.717, 1.165) is 32.3 Å². The molecule has 0 aliphatic carbocycles. The van der Waals surface area contributed by atoms with Gasteiger partial charge in [-0.05, 0) is 55.7 Å². The number of hydrogen-bond acceptors (Lipinski definition) is 2. The Bertz CT molecular complexity index is 814. The molecule has 2 aromatic carbocycles. The van der Waals surface area contributed by atoms with Crippen molar-refractivity contribution in [3.05, 3.63) is 58.9 Å². The molecular formula is C24H29F3O2. The van der Waals surface area contributed by atoms with E-state index in [4.69, 9.17) is 9.47 Å². The smallest absolute Gasteiger partial charge is 0.166 e. The van der Waals surface area contributed by atoms with Crippen LogP contribution >= 0.6 is 0 Å². The summed E-state index contributed by atoms with van der Waals surface area (Å²) in [6.07, 6.45) is 3.54. The predicted molar refractivity (Wildman–Crippen MR) is 108 cm³/mol.